The molecule has 0 aliphatic rings. The molecule has 1 unspecified atom stereocenters. The Hall–Kier alpha value is -0.850. The Morgan fingerprint density at radius 1 is 1.67 bits per heavy atom. The van der Waals surface area contributed by atoms with E-state index in [2.05, 4.69) is 12.1 Å². The molecule has 0 spiro atoms. The quantitative estimate of drug-likeness (QED) is 0.770. The lowest BCUT2D eigenvalue weighted by atomic mass is 10.1. The smallest absolute Gasteiger partial charge is 0.0698 e. The highest BCUT2D eigenvalue weighted by molar-refractivity contribution is 7.09. The van der Waals surface area contributed by atoms with Gasteiger partial charge in [-0.25, -0.2) is 0 Å². The summed E-state index contributed by atoms with van der Waals surface area (Å²) in [6.07, 6.45) is 1.66. The van der Waals surface area contributed by atoms with Crippen LogP contribution < -0.4 is 0 Å². The summed E-state index contributed by atoms with van der Waals surface area (Å²) in [7, 11) is 0. The number of aliphatic hydroxyl groups excluding tert-OH is 1. The molecule has 0 fully saturated rings. The van der Waals surface area contributed by atoms with Crippen LogP contribution in [0.25, 0.3) is 0 Å². The molecule has 0 aliphatic carbocycles. The monoisotopic (exact) mass is 181 g/mol. The number of aliphatic hydroxyl groups is 1. The van der Waals surface area contributed by atoms with Gasteiger partial charge in [0.25, 0.3) is 0 Å². The maximum atomic E-state index is 8.74. The molecule has 0 radical (unpaired) electrons. The van der Waals surface area contributed by atoms with Gasteiger partial charge in [0.05, 0.1) is 18.6 Å². The van der Waals surface area contributed by atoms with Crippen molar-refractivity contribution in [3.63, 3.8) is 0 Å². The van der Waals surface area contributed by atoms with Gasteiger partial charge in [-0.05, 0) is 24.3 Å². The summed E-state index contributed by atoms with van der Waals surface area (Å²) < 4.78 is 0. The van der Waals surface area contributed by atoms with E-state index < -0.39 is 0 Å². The van der Waals surface area contributed by atoms with Crippen molar-refractivity contribution in [2.45, 2.75) is 12.8 Å². The summed E-state index contributed by atoms with van der Waals surface area (Å²) in [5.41, 5.74) is 0. The summed E-state index contributed by atoms with van der Waals surface area (Å²) in [6, 6.07) is 6.12. The van der Waals surface area contributed by atoms with E-state index in [9.17, 15) is 0 Å². The van der Waals surface area contributed by atoms with Gasteiger partial charge in [-0.1, -0.05) is 6.07 Å². The molecule has 1 rings (SSSR count). The Kier molecular flexibility index (Phi) is 3.78. The van der Waals surface area contributed by atoms with Crippen molar-refractivity contribution in [2.24, 2.45) is 5.92 Å². The molecular weight excluding hydrogens is 170 g/mol. The summed E-state index contributed by atoms with van der Waals surface area (Å²) >= 11 is 1.69. The van der Waals surface area contributed by atoms with Gasteiger partial charge in [0.1, 0.15) is 0 Å². The zero-order valence-electron chi connectivity index (χ0n) is 6.73. The second kappa shape index (κ2) is 4.91. The van der Waals surface area contributed by atoms with Gasteiger partial charge in [0, 0.05) is 4.88 Å². The van der Waals surface area contributed by atoms with E-state index >= 15 is 0 Å². The highest BCUT2D eigenvalue weighted by Crippen LogP contribution is 2.13. The van der Waals surface area contributed by atoms with E-state index in [0.717, 1.165) is 12.8 Å². The third-order valence-electron chi connectivity index (χ3n) is 1.72. The molecular formula is C9H11NOS. The molecule has 0 saturated carbocycles. The number of nitrogens with zero attached hydrogens (tertiary/aromatic N) is 1. The van der Waals surface area contributed by atoms with Crippen molar-refractivity contribution in [1.29, 1.82) is 5.26 Å². The third-order valence-corrected chi connectivity index (χ3v) is 2.66. The lowest BCUT2D eigenvalue weighted by molar-refractivity contribution is 0.250. The van der Waals surface area contributed by atoms with Crippen molar-refractivity contribution in [1.82, 2.24) is 0 Å². The maximum Gasteiger partial charge on any atom is 0.0698 e. The van der Waals surface area contributed by atoms with Crippen molar-refractivity contribution in [3.8, 4) is 6.07 Å². The highest BCUT2D eigenvalue weighted by atomic mass is 32.1. The largest absolute Gasteiger partial charge is 0.395 e. The average molecular weight is 181 g/mol. The predicted octanol–water partition coefficient (Wildman–Crippen LogP) is 1.81. The molecule has 64 valence electrons. The molecule has 12 heavy (non-hydrogen) atoms. The average Bonchev–Trinajstić information content (AvgIpc) is 2.59. The standard InChI is InChI=1S/C9H11NOS/c10-6-8(7-11)3-4-9-2-1-5-12-9/h1-2,5,8,11H,3-4,7H2. The van der Waals surface area contributed by atoms with Crippen LogP contribution in [0.2, 0.25) is 0 Å². The molecule has 0 saturated heterocycles. The third kappa shape index (κ3) is 2.65. The Labute approximate surface area is 76.1 Å². The van der Waals surface area contributed by atoms with E-state index in [4.69, 9.17) is 10.4 Å². The fourth-order valence-electron chi connectivity index (χ4n) is 0.968. The van der Waals surface area contributed by atoms with Crippen molar-refractivity contribution in [3.05, 3.63) is 22.4 Å². The first kappa shape index (κ1) is 9.24. The van der Waals surface area contributed by atoms with Gasteiger partial charge in [-0.15, -0.1) is 11.3 Å². The van der Waals surface area contributed by atoms with Gasteiger partial charge >= 0.3 is 0 Å². The van der Waals surface area contributed by atoms with Gasteiger partial charge in [-0.3, -0.25) is 0 Å². The summed E-state index contributed by atoms with van der Waals surface area (Å²) in [5.74, 6) is -0.202. The fourth-order valence-corrected chi connectivity index (χ4v) is 1.69. The minimum absolute atomic E-state index is 0.0259. The number of thiophene rings is 1. The Bertz CT molecular complexity index is 250. The van der Waals surface area contributed by atoms with Crippen LogP contribution in [0, 0.1) is 17.2 Å². The molecule has 0 amide bonds. The summed E-state index contributed by atoms with van der Waals surface area (Å²) in [4.78, 5) is 1.28. The molecule has 1 N–H and O–H groups in total. The number of rotatable bonds is 4. The summed E-state index contributed by atoms with van der Waals surface area (Å²) in [5, 5.41) is 19.3. The zero-order chi connectivity index (χ0) is 8.81. The number of hydrogen-bond acceptors (Lipinski definition) is 3. The number of hydrogen-bond donors (Lipinski definition) is 1. The lowest BCUT2D eigenvalue weighted by Gasteiger charge is -2.02. The Balaban J connectivity index is 2.31. The molecule has 1 atom stereocenters. The molecule has 2 nitrogen and oxygen atoms in total. The first-order valence-electron chi connectivity index (χ1n) is 3.89. The van der Waals surface area contributed by atoms with Gasteiger partial charge in [0.2, 0.25) is 0 Å². The second-order valence-electron chi connectivity index (χ2n) is 2.63. The number of nitriles is 1. The van der Waals surface area contributed by atoms with E-state index in [-0.39, 0.29) is 12.5 Å². The van der Waals surface area contributed by atoms with Crippen LogP contribution in [-0.2, 0) is 6.42 Å². The Morgan fingerprint density at radius 3 is 3.00 bits per heavy atom. The first-order valence-corrected chi connectivity index (χ1v) is 4.77. The maximum absolute atomic E-state index is 8.74. The van der Waals surface area contributed by atoms with E-state index in [1.165, 1.54) is 4.88 Å². The van der Waals surface area contributed by atoms with Crippen LogP contribution in [0.15, 0.2) is 17.5 Å². The van der Waals surface area contributed by atoms with Crippen LogP contribution in [0.1, 0.15) is 11.3 Å². The molecule has 1 aromatic rings. The van der Waals surface area contributed by atoms with Crippen LogP contribution in [0.5, 0.6) is 0 Å². The molecule has 1 heterocycles. The van der Waals surface area contributed by atoms with E-state index in [0.29, 0.717) is 0 Å². The zero-order valence-corrected chi connectivity index (χ0v) is 7.55. The first-order chi connectivity index (χ1) is 5.86. The topological polar surface area (TPSA) is 44.0 Å². The van der Waals surface area contributed by atoms with Crippen LogP contribution >= 0.6 is 11.3 Å². The Morgan fingerprint density at radius 2 is 2.50 bits per heavy atom. The van der Waals surface area contributed by atoms with Crippen LogP contribution in [-0.4, -0.2) is 11.7 Å². The number of aryl methyl sites for hydroxylation is 1. The van der Waals surface area contributed by atoms with E-state index in [1.54, 1.807) is 11.3 Å². The molecule has 0 bridgehead atoms. The predicted molar refractivity (Wildman–Crippen MR) is 48.8 cm³/mol. The van der Waals surface area contributed by atoms with Crippen molar-refractivity contribution < 1.29 is 5.11 Å². The molecule has 0 aromatic carbocycles. The summed E-state index contributed by atoms with van der Waals surface area (Å²) in [6.45, 7) is -0.0259. The second-order valence-corrected chi connectivity index (χ2v) is 3.66. The minimum atomic E-state index is -0.202. The molecule has 3 heteroatoms. The normalized spacial score (nSPS) is 12.3. The van der Waals surface area contributed by atoms with Crippen molar-refractivity contribution >= 4 is 11.3 Å². The van der Waals surface area contributed by atoms with Crippen molar-refractivity contribution in [2.75, 3.05) is 6.61 Å². The van der Waals surface area contributed by atoms with Gasteiger partial charge in [0.15, 0.2) is 0 Å². The lowest BCUT2D eigenvalue weighted by Crippen LogP contribution is -2.03. The highest BCUT2D eigenvalue weighted by Gasteiger charge is 2.05. The van der Waals surface area contributed by atoms with Crippen LogP contribution in [0.3, 0.4) is 0 Å². The molecule has 1 aromatic heterocycles. The fraction of sp³-hybridized carbons (Fsp3) is 0.444. The van der Waals surface area contributed by atoms with Gasteiger partial charge < -0.3 is 5.11 Å². The SMILES string of the molecule is N#CC(CO)CCc1cccs1. The van der Waals surface area contributed by atoms with Gasteiger partial charge in [-0.2, -0.15) is 5.26 Å². The van der Waals surface area contributed by atoms with Crippen LogP contribution in [0.4, 0.5) is 0 Å². The molecule has 0 aliphatic heterocycles. The minimum Gasteiger partial charge on any atom is -0.395 e. The van der Waals surface area contributed by atoms with E-state index in [1.807, 2.05) is 11.4 Å².